The molecule has 0 spiro atoms. The molecule has 0 fully saturated rings. The van der Waals surface area contributed by atoms with E-state index in [0.717, 1.165) is 18.6 Å². The molecule has 0 saturated carbocycles. The Labute approximate surface area is 117 Å². The van der Waals surface area contributed by atoms with E-state index in [-0.39, 0.29) is 10.5 Å². The van der Waals surface area contributed by atoms with E-state index in [1.54, 1.807) is 0 Å². The molecule has 9 heteroatoms. The molecule has 1 atom stereocenters. The van der Waals surface area contributed by atoms with Crippen molar-refractivity contribution in [3.63, 3.8) is 0 Å². The number of aliphatic carboxylic acids is 1. The van der Waals surface area contributed by atoms with E-state index in [2.05, 4.69) is 0 Å². The van der Waals surface area contributed by atoms with E-state index < -0.39 is 43.0 Å². The quantitative estimate of drug-likeness (QED) is 0.778. The molecule has 112 valence electrons. The van der Waals surface area contributed by atoms with Gasteiger partial charge in [0.25, 0.3) is 0 Å². The number of hydrogen-bond donors (Lipinski definition) is 2. The van der Waals surface area contributed by atoms with Crippen LogP contribution in [0.15, 0.2) is 28.0 Å². The Morgan fingerprint density at radius 2 is 1.75 bits per heavy atom. The van der Waals surface area contributed by atoms with Crippen LogP contribution < -0.4 is 5.73 Å². The largest absolute Gasteiger partial charge is 0.481 e. The molecule has 1 unspecified atom stereocenters. The highest BCUT2D eigenvalue weighted by Crippen LogP contribution is 2.29. The Balaban J connectivity index is 3.67. The lowest BCUT2D eigenvalue weighted by molar-refractivity contribution is -0.137. The average molecular weight is 321 g/mol. The summed E-state index contributed by atoms with van der Waals surface area (Å²) < 4.78 is 47.0. The Hall–Kier alpha value is -1.45. The minimum absolute atomic E-state index is 0.0159. The summed E-state index contributed by atoms with van der Waals surface area (Å²) in [5.74, 6) is -1.21. The lowest BCUT2D eigenvalue weighted by Crippen LogP contribution is -2.20. The van der Waals surface area contributed by atoms with Gasteiger partial charge in [-0.05, 0) is 11.6 Å². The molecule has 0 heterocycles. The number of carboxylic acids is 1. The molecule has 0 aromatic heterocycles. The van der Waals surface area contributed by atoms with Crippen molar-refractivity contribution < 1.29 is 26.7 Å². The van der Waals surface area contributed by atoms with Gasteiger partial charge in [0.05, 0.1) is 16.2 Å². The average Bonchev–Trinajstić information content (AvgIpc) is 2.24. The number of benzene rings is 1. The van der Waals surface area contributed by atoms with Gasteiger partial charge in [-0.25, -0.2) is 16.8 Å². The van der Waals surface area contributed by atoms with Crippen molar-refractivity contribution in [2.75, 3.05) is 12.5 Å². The zero-order chi connectivity index (χ0) is 15.7. The fourth-order valence-corrected chi connectivity index (χ4v) is 4.58. The van der Waals surface area contributed by atoms with E-state index in [9.17, 15) is 21.6 Å². The number of rotatable bonds is 5. The summed E-state index contributed by atoms with van der Waals surface area (Å²) in [4.78, 5) is 9.87. The summed E-state index contributed by atoms with van der Waals surface area (Å²) in [5, 5.41) is 8.72. The minimum atomic E-state index is -3.88. The topological polar surface area (TPSA) is 132 Å². The summed E-state index contributed by atoms with van der Waals surface area (Å²) in [6.45, 7) is 0. The first-order chi connectivity index (χ1) is 8.94. The molecule has 0 amide bonds. The van der Waals surface area contributed by atoms with E-state index in [0.29, 0.717) is 0 Å². The molecule has 0 aliphatic heterocycles. The van der Waals surface area contributed by atoms with Gasteiger partial charge in [-0.1, -0.05) is 12.1 Å². The van der Waals surface area contributed by atoms with Crippen LogP contribution in [-0.2, 0) is 24.5 Å². The third kappa shape index (κ3) is 3.78. The van der Waals surface area contributed by atoms with Crippen LogP contribution in [0.1, 0.15) is 18.0 Å². The first-order valence-electron chi connectivity index (χ1n) is 5.45. The van der Waals surface area contributed by atoms with Crippen molar-refractivity contribution in [2.24, 2.45) is 5.73 Å². The summed E-state index contributed by atoms with van der Waals surface area (Å²) in [6, 6.07) is 2.70. The molecular weight excluding hydrogens is 306 g/mol. The zero-order valence-corrected chi connectivity index (χ0v) is 12.5. The van der Waals surface area contributed by atoms with Crippen molar-refractivity contribution in [3.05, 3.63) is 23.8 Å². The predicted octanol–water partition coefficient (Wildman–Crippen LogP) is -0.0319. The zero-order valence-electron chi connectivity index (χ0n) is 10.9. The van der Waals surface area contributed by atoms with Crippen LogP contribution in [-0.4, -0.2) is 40.4 Å². The third-order valence-corrected chi connectivity index (χ3v) is 5.04. The summed E-state index contributed by atoms with van der Waals surface area (Å²) in [5.41, 5.74) is 5.65. The van der Waals surface area contributed by atoms with Crippen molar-refractivity contribution >= 4 is 25.6 Å². The molecule has 1 aromatic carbocycles. The highest BCUT2D eigenvalue weighted by Gasteiger charge is 2.27. The van der Waals surface area contributed by atoms with Crippen LogP contribution in [0, 0.1) is 0 Å². The number of sulfone groups is 2. The maximum atomic E-state index is 11.8. The van der Waals surface area contributed by atoms with Gasteiger partial charge >= 0.3 is 5.97 Å². The van der Waals surface area contributed by atoms with Gasteiger partial charge < -0.3 is 10.8 Å². The SMILES string of the molecule is CS(=O)(=O)c1cccc(C(N)CC(=O)O)c1S(C)(=O)=O. The van der Waals surface area contributed by atoms with Gasteiger partial charge in [-0.3, -0.25) is 4.79 Å². The number of hydrogen-bond acceptors (Lipinski definition) is 6. The molecule has 0 bridgehead atoms. The first-order valence-corrected chi connectivity index (χ1v) is 9.23. The van der Waals surface area contributed by atoms with Crippen molar-refractivity contribution in [1.29, 1.82) is 0 Å². The molecule has 0 aliphatic carbocycles. The standard InChI is InChI=1S/C11H15NO6S2/c1-19(15,16)9-5-3-4-7(8(12)6-10(13)14)11(9)20(2,17)18/h3-5,8H,6,12H2,1-2H3,(H,13,14). The highest BCUT2D eigenvalue weighted by atomic mass is 32.2. The van der Waals surface area contributed by atoms with Gasteiger partial charge in [0.1, 0.15) is 0 Å². The number of carboxylic acid groups (broad SMARTS) is 1. The van der Waals surface area contributed by atoms with Crippen molar-refractivity contribution in [2.45, 2.75) is 22.3 Å². The monoisotopic (exact) mass is 321 g/mol. The molecule has 1 aromatic rings. The smallest absolute Gasteiger partial charge is 0.305 e. The van der Waals surface area contributed by atoms with E-state index >= 15 is 0 Å². The van der Waals surface area contributed by atoms with Crippen LogP contribution >= 0.6 is 0 Å². The van der Waals surface area contributed by atoms with E-state index in [4.69, 9.17) is 10.8 Å². The summed E-state index contributed by atoms with van der Waals surface area (Å²) >= 11 is 0. The van der Waals surface area contributed by atoms with Crippen molar-refractivity contribution in [3.8, 4) is 0 Å². The second kappa shape index (κ2) is 5.51. The molecule has 7 nitrogen and oxygen atoms in total. The second-order valence-electron chi connectivity index (χ2n) is 4.42. The second-order valence-corrected chi connectivity index (χ2v) is 8.36. The predicted molar refractivity (Wildman–Crippen MR) is 71.8 cm³/mol. The van der Waals surface area contributed by atoms with Crippen LogP contribution in [0.5, 0.6) is 0 Å². The van der Waals surface area contributed by atoms with Crippen LogP contribution in [0.4, 0.5) is 0 Å². The molecule has 20 heavy (non-hydrogen) atoms. The third-order valence-electron chi connectivity index (χ3n) is 2.57. The molecule has 0 radical (unpaired) electrons. The molecular formula is C11H15NO6S2. The van der Waals surface area contributed by atoms with Gasteiger partial charge in [-0.2, -0.15) is 0 Å². The maximum absolute atomic E-state index is 11.8. The van der Waals surface area contributed by atoms with Gasteiger partial charge in [0.15, 0.2) is 19.7 Å². The first kappa shape index (κ1) is 16.6. The minimum Gasteiger partial charge on any atom is -0.481 e. The van der Waals surface area contributed by atoms with Crippen LogP contribution in [0.2, 0.25) is 0 Å². The lowest BCUT2D eigenvalue weighted by Gasteiger charge is -2.16. The summed E-state index contributed by atoms with van der Waals surface area (Å²) in [7, 11) is -7.66. The van der Waals surface area contributed by atoms with Gasteiger partial charge in [0, 0.05) is 18.6 Å². The van der Waals surface area contributed by atoms with Gasteiger partial charge in [-0.15, -0.1) is 0 Å². The van der Waals surface area contributed by atoms with Gasteiger partial charge in [0.2, 0.25) is 0 Å². The molecule has 0 aliphatic rings. The Bertz CT molecular complexity index is 736. The van der Waals surface area contributed by atoms with Crippen LogP contribution in [0.3, 0.4) is 0 Å². The Kier molecular flexibility index (Phi) is 4.57. The van der Waals surface area contributed by atoms with E-state index in [1.165, 1.54) is 12.1 Å². The van der Waals surface area contributed by atoms with E-state index in [1.807, 2.05) is 0 Å². The molecule has 1 rings (SSSR count). The maximum Gasteiger partial charge on any atom is 0.305 e. The Morgan fingerprint density at radius 3 is 2.15 bits per heavy atom. The Morgan fingerprint density at radius 1 is 1.20 bits per heavy atom. The number of carbonyl (C=O) groups is 1. The normalized spacial score (nSPS) is 13.9. The molecule has 3 N–H and O–H groups in total. The fourth-order valence-electron chi connectivity index (χ4n) is 1.81. The van der Waals surface area contributed by atoms with Crippen LogP contribution in [0.25, 0.3) is 0 Å². The summed E-state index contributed by atoms with van der Waals surface area (Å²) in [6.07, 6.45) is 1.23. The number of nitrogens with two attached hydrogens (primary N) is 1. The molecule has 0 saturated heterocycles. The fraction of sp³-hybridized carbons (Fsp3) is 0.364. The lowest BCUT2D eigenvalue weighted by atomic mass is 10.0. The van der Waals surface area contributed by atoms with Crippen molar-refractivity contribution in [1.82, 2.24) is 0 Å². The highest BCUT2D eigenvalue weighted by molar-refractivity contribution is 7.93.